The molecule has 0 saturated heterocycles. The SMILES string of the molecule is NC1=NCN(Cl)C(Cl)=C1N. The van der Waals surface area contributed by atoms with Crippen LogP contribution >= 0.6 is 23.4 Å². The Kier molecular flexibility index (Phi) is 1.92. The van der Waals surface area contributed by atoms with Crippen molar-refractivity contribution in [2.45, 2.75) is 0 Å². The number of rotatable bonds is 0. The second kappa shape index (κ2) is 2.56. The summed E-state index contributed by atoms with van der Waals surface area (Å²) in [4.78, 5) is 3.76. The zero-order chi connectivity index (χ0) is 7.72. The zero-order valence-corrected chi connectivity index (χ0v) is 6.52. The standard InChI is InChI=1S/C4H6Cl2N4/c5-3-2(7)4(8)9-1-10(3)6/h1,7H2,(H2,8,9). The Morgan fingerprint density at radius 3 is 2.60 bits per heavy atom. The molecular weight excluding hydrogens is 175 g/mol. The van der Waals surface area contributed by atoms with Crippen LogP contribution in [0.15, 0.2) is 15.8 Å². The molecule has 1 rings (SSSR count). The molecule has 0 atom stereocenters. The molecule has 10 heavy (non-hydrogen) atoms. The summed E-state index contributed by atoms with van der Waals surface area (Å²) >= 11 is 11.1. The normalized spacial score (nSPS) is 19.4. The average Bonchev–Trinajstić information content (AvgIpc) is 1.93. The molecule has 4 N–H and O–H groups in total. The van der Waals surface area contributed by atoms with E-state index in [1.54, 1.807) is 0 Å². The van der Waals surface area contributed by atoms with Gasteiger partial charge in [-0.1, -0.05) is 11.6 Å². The van der Waals surface area contributed by atoms with Crippen molar-refractivity contribution >= 4 is 29.2 Å². The van der Waals surface area contributed by atoms with Gasteiger partial charge in [-0.15, -0.1) is 0 Å². The molecule has 1 aliphatic heterocycles. The summed E-state index contributed by atoms with van der Waals surface area (Å²) in [5.74, 6) is 0.238. The maximum atomic E-state index is 5.60. The molecule has 4 nitrogen and oxygen atoms in total. The van der Waals surface area contributed by atoms with Crippen LogP contribution in [-0.2, 0) is 0 Å². The number of nitrogens with two attached hydrogens (primary N) is 2. The number of amidine groups is 1. The molecule has 0 saturated carbocycles. The fourth-order valence-corrected chi connectivity index (χ4v) is 0.817. The predicted octanol–water partition coefficient (Wildman–Crippen LogP) is 0.137. The zero-order valence-electron chi connectivity index (χ0n) is 5.01. The summed E-state index contributed by atoms with van der Waals surface area (Å²) in [7, 11) is 0. The van der Waals surface area contributed by atoms with Crippen molar-refractivity contribution in [2.75, 3.05) is 6.67 Å². The molecule has 0 aromatic heterocycles. The monoisotopic (exact) mass is 180 g/mol. The van der Waals surface area contributed by atoms with E-state index in [0.717, 1.165) is 0 Å². The van der Waals surface area contributed by atoms with Crippen molar-refractivity contribution in [2.24, 2.45) is 16.5 Å². The summed E-state index contributed by atoms with van der Waals surface area (Å²) in [5.41, 5.74) is 10.9. The highest BCUT2D eigenvalue weighted by molar-refractivity contribution is 6.35. The third kappa shape index (κ3) is 1.12. The topological polar surface area (TPSA) is 67.6 Å². The van der Waals surface area contributed by atoms with Gasteiger partial charge in [0, 0.05) is 11.8 Å². The predicted molar refractivity (Wildman–Crippen MR) is 41.2 cm³/mol. The van der Waals surface area contributed by atoms with E-state index >= 15 is 0 Å². The minimum Gasteiger partial charge on any atom is -0.393 e. The molecule has 6 heteroatoms. The van der Waals surface area contributed by atoms with Crippen molar-refractivity contribution in [3.63, 3.8) is 0 Å². The Morgan fingerprint density at radius 2 is 2.10 bits per heavy atom. The highest BCUT2D eigenvalue weighted by Gasteiger charge is 2.15. The van der Waals surface area contributed by atoms with E-state index in [9.17, 15) is 0 Å². The van der Waals surface area contributed by atoms with Crippen molar-refractivity contribution in [1.29, 1.82) is 0 Å². The van der Waals surface area contributed by atoms with Crippen LogP contribution in [0.25, 0.3) is 0 Å². The first-order valence-corrected chi connectivity index (χ1v) is 3.23. The van der Waals surface area contributed by atoms with Crippen molar-refractivity contribution in [3.05, 3.63) is 10.9 Å². The van der Waals surface area contributed by atoms with Crippen LogP contribution in [0.3, 0.4) is 0 Å². The Balaban J connectivity index is 2.94. The second-order valence-corrected chi connectivity index (χ2v) is 2.52. The van der Waals surface area contributed by atoms with Crippen LogP contribution in [0.2, 0.25) is 0 Å². The molecule has 0 spiro atoms. The summed E-state index contributed by atoms with van der Waals surface area (Å²) in [5, 5.41) is 0.231. The largest absolute Gasteiger partial charge is 0.393 e. The fraction of sp³-hybridized carbons (Fsp3) is 0.250. The van der Waals surface area contributed by atoms with E-state index in [-0.39, 0.29) is 23.4 Å². The first-order chi connectivity index (χ1) is 4.63. The first-order valence-electron chi connectivity index (χ1n) is 2.52. The van der Waals surface area contributed by atoms with Gasteiger partial charge in [0.25, 0.3) is 0 Å². The van der Waals surface area contributed by atoms with E-state index in [1.807, 2.05) is 0 Å². The van der Waals surface area contributed by atoms with Gasteiger partial charge in [-0.2, -0.15) is 0 Å². The highest BCUT2D eigenvalue weighted by Crippen LogP contribution is 2.18. The lowest BCUT2D eigenvalue weighted by Crippen LogP contribution is -2.30. The first kappa shape index (κ1) is 7.50. The van der Waals surface area contributed by atoms with Crippen molar-refractivity contribution in [1.82, 2.24) is 4.42 Å². The van der Waals surface area contributed by atoms with E-state index in [4.69, 9.17) is 34.8 Å². The Morgan fingerprint density at radius 1 is 1.50 bits per heavy atom. The van der Waals surface area contributed by atoms with Crippen LogP contribution in [0.1, 0.15) is 0 Å². The minimum atomic E-state index is 0.225. The molecule has 0 fully saturated rings. The molecule has 1 heterocycles. The van der Waals surface area contributed by atoms with Crippen LogP contribution in [0.5, 0.6) is 0 Å². The smallest absolute Gasteiger partial charge is 0.148 e. The molecule has 0 aromatic rings. The molecule has 1 aliphatic rings. The quantitative estimate of drug-likeness (QED) is 0.412. The van der Waals surface area contributed by atoms with Gasteiger partial charge < -0.3 is 11.5 Å². The Labute approximate surface area is 68.2 Å². The van der Waals surface area contributed by atoms with Crippen LogP contribution < -0.4 is 11.5 Å². The van der Waals surface area contributed by atoms with Gasteiger partial charge in [0.2, 0.25) is 0 Å². The van der Waals surface area contributed by atoms with Gasteiger partial charge in [0.15, 0.2) is 0 Å². The highest BCUT2D eigenvalue weighted by atomic mass is 35.5. The minimum absolute atomic E-state index is 0.225. The van der Waals surface area contributed by atoms with Crippen LogP contribution in [0.4, 0.5) is 0 Å². The maximum Gasteiger partial charge on any atom is 0.148 e. The van der Waals surface area contributed by atoms with Gasteiger partial charge in [0.05, 0.1) is 0 Å². The summed E-state index contributed by atoms with van der Waals surface area (Å²) in [6.45, 7) is 0.243. The lowest BCUT2D eigenvalue weighted by Gasteiger charge is -2.18. The number of hydrogen-bond donors (Lipinski definition) is 2. The Bertz CT molecular complexity index is 209. The summed E-state index contributed by atoms with van der Waals surface area (Å²) < 4.78 is 1.19. The Hall–Kier alpha value is -0.610. The molecule has 0 radical (unpaired) electrons. The summed E-state index contributed by atoms with van der Waals surface area (Å²) in [6, 6.07) is 0. The van der Waals surface area contributed by atoms with E-state index < -0.39 is 0 Å². The molecule has 0 unspecified atom stereocenters. The number of halogens is 2. The van der Waals surface area contributed by atoms with Gasteiger partial charge in [-0.25, -0.2) is 4.99 Å². The van der Waals surface area contributed by atoms with Crippen molar-refractivity contribution in [3.8, 4) is 0 Å². The van der Waals surface area contributed by atoms with Crippen LogP contribution in [-0.4, -0.2) is 16.9 Å². The van der Waals surface area contributed by atoms with Gasteiger partial charge in [-0.3, -0.25) is 4.42 Å². The molecule has 0 amide bonds. The summed E-state index contributed by atoms with van der Waals surface area (Å²) in [6.07, 6.45) is 0. The van der Waals surface area contributed by atoms with E-state index in [1.165, 1.54) is 4.42 Å². The third-order valence-corrected chi connectivity index (χ3v) is 1.85. The number of hydrogen-bond acceptors (Lipinski definition) is 4. The maximum absolute atomic E-state index is 5.60. The average molecular weight is 181 g/mol. The van der Waals surface area contributed by atoms with Crippen LogP contribution in [0, 0.1) is 0 Å². The van der Waals surface area contributed by atoms with Gasteiger partial charge >= 0.3 is 0 Å². The molecular formula is C4H6Cl2N4. The lowest BCUT2D eigenvalue weighted by molar-refractivity contribution is 0.592. The third-order valence-electron chi connectivity index (χ3n) is 1.08. The molecule has 0 bridgehead atoms. The second-order valence-electron chi connectivity index (χ2n) is 1.75. The molecule has 0 aromatic carbocycles. The van der Waals surface area contributed by atoms with Crippen molar-refractivity contribution < 1.29 is 0 Å². The molecule has 56 valence electrons. The van der Waals surface area contributed by atoms with E-state index in [2.05, 4.69) is 4.99 Å². The van der Waals surface area contributed by atoms with Gasteiger partial charge in [0.1, 0.15) is 23.4 Å². The van der Waals surface area contributed by atoms with E-state index in [0.29, 0.717) is 0 Å². The number of aliphatic imine (C=N–C) groups is 1. The number of nitrogens with zero attached hydrogens (tertiary/aromatic N) is 2. The lowest BCUT2D eigenvalue weighted by atomic mass is 10.4. The van der Waals surface area contributed by atoms with Gasteiger partial charge in [-0.05, 0) is 0 Å². The fourth-order valence-electron chi connectivity index (χ4n) is 0.522. The molecule has 0 aliphatic carbocycles.